The van der Waals surface area contributed by atoms with Crippen LogP contribution in [0.2, 0.25) is 0 Å². The van der Waals surface area contributed by atoms with Crippen molar-refractivity contribution in [3.63, 3.8) is 0 Å². The molecule has 2 amide bonds. The molecule has 19 heavy (non-hydrogen) atoms. The molecule has 1 rings (SSSR count). The first-order chi connectivity index (χ1) is 8.95. The van der Waals surface area contributed by atoms with Gasteiger partial charge in [0.2, 0.25) is 0 Å². The van der Waals surface area contributed by atoms with Crippen LogP contribution in [0.4, 0.5) is 4.79 Å². The van der Waals surface area contributed by atoms with E-state index in [2.05, 4.69) is 4.90 Å². The number of aliphatic carboxylic acids is 1. The van der Waals surface area contributed by atoms with E-state index >= 15 is 0 Å². The van der Waals surface area contributed by atoms with E-state index in [0.29, 0.717) is 19.6 Å². The van der Waals surface area contributed by atoms with Crippen LogP contribution in [0, 0.1) is 0 Å². The average Bonchev–Trinajstić information content (AvgIpc) is 2.37. The fourth-order valence-corrected chi connectivity index (χ4v) is 2.32. The van der Waals surface area contributed by atoms with Crippen LogP contribution in [-0.2, 0) is 4.79 Å². The Morgan fingerprint density at radius 3 is 2.21 bits per heavy atom. The maximum atomic E-state index is 12.3. The third-order valence-corrected chi connectivity index (χ3v) is 3.49. The summed E-state index contributed by atoms with van der Waals surface area (Å²) < 4.78 is 0. The lowest BCUT2D eigenvalue weighted by Gasteiger charge is -2.38. The third kappa shape index (κ3) is 4.70. The number of hydrogen-bond acceptors (Lipinski definition) is 3. The van der Waals surface area contributed by atoms with E-state index in [1.54, 1.807) is 0 Å². The molecule has 0 unspecified atom stereocenters. The first-order valence-electron chi connectivity index (χ1n) is 6.95. The third-order valence-electron chi connectivity index (χ3n) is 3.49. The normalized spacial score (nSPS) is 16.7. The highest BCUT2D eigenvalue weighted by Crippen LogP contribution is 2.08. The molecule has 1 N–H and O–H groups in total. The molecule has 110 valence electrons. The fourth-order valence-electron chi connectivity index (χ4n) is 2.32. The van der Waals surface area contributed by atoms with Gasteiger partial charge < -0.3 is 14.9 Å². The molecule has 1 heterocycles. The van der Waals surface area contributed by atoms with Crippen molar-refractivity contribution in [1.29, 1.82) is 0 Å². The van der Waals surface area contributed by atoms with E-state index in [0.717, 1.165) is 19.6 Å². The number of urea groups is 1. The lowest BCUT2D eigenvalue weighted by molar-refractivity contribution is -0.137. The molecule has 6 heteroatoms. The molecule has 1 fully saturated rings. The molecule has 0 aliphatic carbocycles. The van der Waals surface area contributed by atoms with Crippen molar-refractivity contribution in [2.45, 2.75) is 33.2 Å². The Balaban J connectivity index is 2.40. The number of carbonyl (C=O) groups excluding carboxylic acids is 1. The Hall–Kier alpha value is -1.30. The topological polar surface area (TPSA) is 64.1 Å². The van der Waals surface area contributed by atoms with Crippen LogP contribution in [0.25, 0.3) is 0 Å². The number of hydrogen-bond donors (Lipinski definition) is 1. The van der Waals surface area contributed by atoms with Crippen LogP contribution in [0.1, 0.15) is 27.2 Å². The molecule has 1 aliphatic heterocycles. The van der Waals surface area contributed by atoms with Gasteiger partial charge in [-0.2, -0.15) is 0 Å². The SMILES string of the molecule is CCN(C(=O)N1CCN(CCC(=O)O)CC1)C(C)C. The molecule has 1 aliphatic rings. The average molecular weight is 271 g/mol. The van der Waals surface area contributed by atoms with Gasteiger partial charge in [-0.3, -0.25) is 9.69 Å². The largest absolute Gasteiger partial charge is 0.481 e. The van der Waals surface area contributed by atoms with E-state index in [1.165, 1.54) is 0 Å². The standard InChI is InChI=1S/C13H25N3O3/c1-4-16(11(2)3)13(19)15-9-7-14(8-10-15)6-5-12(17)18/h11H,4-10H2,1-3H3,(H,17,18). The van der Waals surface area contributed by atoms with Crippen LogP contribution in [0.3, 0.4) is 0 Å². The second-order valence-corrected chi connectivity index (χ2v) is 5.13. The predicted octanol–water partition coefficient (Wildman–Crippen LogP) is 0.929. The van der Waals surface area contributed by atoms with Gasteiger partial charge in [0.05, 0.1) is 6.42 Å². The molecule has 0 atom stereocenters. The summed E-state index contributed by atoms with van der Waals surface area (Å²) in [6, 6.07) is 0.304. The summed E-state index contributed by atoms with van der Waals surface area (Å²) in [5, 5.41) is 8.65. The second-order valence-electron chi connectivity index (χ2n) is 5.13. The zero-order valence-corrected chi connectivity index (χ0v) is 12.1. The Bertz CT molecular complexity index is 312. The minimum Gasteiger partial charge on any atom is -0.481 e. The molecule has 6 nitrogen and oxygen atoms in total. The van der Waals surface area contributed by atoms with E-state index in [1.807, 2.05) is 30.6 Å². The van der Waals surface area contributed by atoms with Crippen molar-refractivity contribution in [2.24, 2.45) is 0 Å². The summed E-state index contributed by atoms with van der Waals surface area (Å²) in [6.45, 7) is 10.2. The molecular formula is C13H25N3O3. The first-order valence-corrected chi connectivity index (χ1v) is 6.95. The molecule has 0 bridgehead atoms. The van der Waals surface area contributed by atoms with Crippen LogP contribution >= 0.6 is 0 Å². The minimum absolute atomic E-state index is 0.0929. The van der Waals surface area contributed by atoms with Crippen molar-refractivity contribution >= 4 is 12.0 Å². The Morgan fingerprint density at radius 1 is 1.21 bits per heavy atom. The zero-order chi connectivity index (χ0) is 14.4. The summed E-state index contributed by atoms with van der Waals surface area (Å²) >= 11 is 0. The zero-order valence-electron chi connectivity index (χ0n) is 12.1. The smallest absolute Gasteiger partial charge is 0.320 e. The van der Waals surface area contributed by atoms with Crippen molar-refractivity contribution in [3.8, 4) is 0 Å². The van der Waals surface area contributed by atoms with Crippen molar-refractivity contribution in [2.75, 3.05) is 39.3 Å². The summed E-state index contributed by atoms with van der Waals surface area (Å²) in [6.07, 6.45) is 0.168. The van der Waals surface area contributed by atoms with E-state index in [4.69, 9.17) is 5.11 Å². The van der Waals surface area contributed by atoms with E-state index in [9.17, 15) is 9.59 Å². The van der Waals surface area contributed by atoms with Gasteiger partial charge in [0.1, 0.15) is 0 Å². The lowest BCUT2D eigenvalue weighted by Crippen LogP contribution is -2.54. The maximum absolute atomic E-state index is 12.3. The predicted molar refractivity (Wildman–Crippen MR) is 73.2 cm³/mol. The monoisotopic (exact) mass is 271 g/mol. The highest BCUT2D eigenvalue weighted by atomic mass is 16.4. The summed E-state index contributed by atoms with van der Waals surface area (Å²) in [4.78, 5) is 28.6. The first kappa shape index (κ1) is 15.8. The van der Waals surface area contributed by atoms with Crippen molar-refractivity contribution < 1.29 is 14.7 Å². The minimum atomic E-state index is -0.768. The number of carboxylic acid groups (broad SMARTS) is 1. The van der Waals surface area contributed by atoms with Crippen LogP contribution in [-0.4, -0.2) is 77.1 Å². The van der Waals surface area contributed by atoms with Gasteiger partial charge in [0.25, 0.3) is 0 Å². The van der Waals surface area contributed by atoms with Crippen LogP contribution in [0.5, 0.6) is 0 Å². The lowest BCUT2D eigenvalue weighted by atomic mass is 10.3. The molecule has 0 saturated carbocycles. The Morgan fingerprint density at radius 2 is 1.79 bits per heavy atom. The molecule has 0 aromatic carbocycles. The second kappa shape index (κ2) is 7.33. The van der Waals surface area contributed by atoms with Gasteiger partial charge in [0.15, 0.2) is 0 Å². The van der Waals surface area contributed by atoms with Gasteiger partial charge in [0, 0.05) is 45.3 Å². The number of amides is 2. The highest BCUT2D eigenvalue weighted by Gasteiger charge is 2.25. The summed E-state index contributed by atoms with van der Waals surface area (Å²) in [5.41, 5.74) is 0. The number of nitrogens with zero attached hydrogens (tertiary/aromatic N) is 3. The summed E-state index contributed by atoms with van der Waals surface area (Å²) in [7, 11) is 0. The van der Waals surface area contributed by atoms with Gasteiger partial charge >= 0.3 is 12.0 Å². The Labute approximate surface area is 115 Å². The fraction of sp³-hybridized carbons (Fsp3) is 0.846. The van der Waals surface area contributed by atoms with Crippen molar-refractivity contribution in [3.05, 3.63) is 0 Å². The maximum Gasteiger partial charge on any atom is 0.320 e. The molecule has 0 spiro atoms. The summed E-state index contributed by atoms with van der Waals surface area (Å²) in [5.74, 6) is -0.768. The number of carboxylic acids is 1. The number of carbonyl (C=O) groups is 2. The van der Waals surface area contributed by atoms with Crippen LogP contribution < -0.4 is 0 Å². The molecule has 0 aromatic rings. The molecule has 0 radical (unpaired) electrons. The van der Waals surface area contributed by atoms with Crippen LogP contribution in [0.15, 0.2) is 0 Å². The number of rotatable bonds is 5. The Kier molecular flexibility index (Phi) is 6.08. The van der Waals surface area contributed by atoms with Gasteiger partial charge in [-0.15, -0.1) is 0 Å². The molecular weight excluding hydrogens is 246 g/mol. The van der Waals surface area contributed by atoms with Gasteiger partial charge in [-0.05, 0) is 20.8 Å². The van der Waals surface area contributed by atoms with E-state index < -0.39 is 5.97 Å². The van der Waals surface area contributed by atoms with Crippen molar-refractivity contribution in [1.82, 2.24) is 14.7 Å². The molecule has 0 aromatic heterocycles. The number of piperazine rings is 1. The van der Waals surface area contributed by atoms with Gasteiger partial charge in [-0.25, -0.2) is 4.79 Å². The highest BCUT2D eigenvalue weighted by molar-refractivity contribution is 5.74. The van der Waals surface area contributed by atoms with Gasteiger partial charge in [-0.1, -0.05) is 0 Å². The quantitative estimate of drug-likeness (QED) is 0.808. The molecule has 1 saturated heterocycles. The van der Waals surface area contributed by atoms with E-state index in [-0.39, 0.29) is 18.5 Å².